The second kappa shape index (κ2) is 5.97. The maximum Gasteiger partial charge on any atom is 0.287 e. The first-order valence-corrected chi connectivity index (χ1v) is 6.62. The number of aliphatic hydroxyl groups is 1. The van der Waals surface area contributed by atoms with E-state index in [9.17, 15) is 15.2 Å². The van der Waals surface area contributed by atoms with Crippen LogP contribution < -0.4 is 4.90 Å². The molecule has 0 radical (unpaired) electrons. The minimum absolute atomic E-state index is 0.0108. The standard InChI is InChI=1S/C13H19N3O3/c1-10-8-12(16(18)19)9-14-13(10)15(6-7-17)11-4-2-3-5-11/h8-9,11,17H,2-7H2,1H3. The molecule has 1 aliphatic rings. The van der Waals surface area contributed by atoms with Gasteiger partial charge in [0, 0.05) is 18.7 Å². The molecule has 1 saturated carbocycles. The molecule has 0 spiro atoms. The molecular weight excluding hydrogens is 246 g/mol. The molecule has 1 aliphatic carbocycles. The van der Waals surface area contributed by atoms with Crippen molar-refractivity contribution in [2.45, 2.75) is 38.6 Å². The zero-order chi connectivity index (χ0) is 13.8. The first-order valence-electron chi connectivity index (χ1n) is 6.62. The average molecular weight is 265 g/mol. The van der Waals surface area contributed by atoms with Crippen LogP contribution in [0.25, 0.3) is 0 Å². The molecule has 0 atom stereocenters. The number of hydrogen-bond donors (Lipinski definition) is 1. The molecule has 0 aliphatic heterocycles. The summed E-state index contributed by atoms with van der Waals surface area (Å²) in [6, 6.07) is 1.93. The van der Waals surface area contributed by atoms with Gasteiger partial charge < -0.3 is 10.0 Å². The number of nitrogens with zero attached hydrogens (tertiary/aromatic N) is 3. The summed E-state index contributed by atoms with van der Waals surface area (Å²) >= 11 is 0. The van der Waals surface area contributed by atoms with Crippen LogP contribution in [0.4, 0.5) is 11.5 Å². The van der Waals surface area contributed by atoms with E-state index in [0.29, 0.717) is 12.6 Å². The molecule has 1 N–H and O–H groups in total. The molecule has 19 heavy (non-hydrogen) atoms. The van der Waals surface area contributed by atoms with Gasteiger partial charge in [-0.15, -0.1) is 0 Å². The largest absolute Gasteiger partial charge is 0.395 e. The van der Waals surface area contributed by atoms with Crippen LogP contribution in [0.15, 0.2) is 12.3 Å². The fourth-order valence-corrected chi connectivity index (χ4v) is 2.74. The van der Waals surface area contributed by atoms with E-state index in [1.165, 1.54) is 19.0 Å². The molecule has 0 saturated heterocycles. The van der Waals surface area contributed by atoms with Gasteiger partial charge in [0.15, 0.2) is 0 Å². The second-order valence-electron chi connectivity index (χ2n) is 4.95. The Balaban J connectivity index is 2.28. The highest BCUT2D eigenvalue weighted by atomic mass is 16.6. The van der Waals surface area contributed by atoms with Gasteiger partial charge in [-0.25, -0.2) is 4.98 Å². The topological polar surface area (TPSA) is 79.5 Å². The minimum Gasteiger partial charge on any atom is -0.395 e. The summed E-state index contributed by atoms with van der Waals surface area (Å²) in [7, 11) is 0. The zero-order valence-electron chi connectivity index (χ0n) is 11.1. The third kappa shape index (κ3) is 3.01. The summed E-state index contributed by atoms with van der Waals surface area (Å²) in [5.41, 5.74) is 0.797. The van der Waals surface area contributed by atoms with E-state index < -0.39 is 4.92 Å². The van der Waals surface area contributed by atoms with Crippen LogP contribution in [0.5, 0.6) is 0 Å². The normalized spacial score (nSPS) is 15.7. The maximum atomic E-state index is 10.7. The number of aromatic nitrogens is 1. The molecule has 0 amide bonds. The summed E-state index contributed by atoms with van der Waals surface area (Å²) < 4.78 is 0. The highest BCUT2D eigenvalue weighted by molar-refractivity contribution is 5.51. The Morgan fingerprint density at radius 2 is 2.21 bits per heavy atom. The highest BCUT2D eigenvalue weighted by Crippen LogP contribution is 2.29. The molecule has 104 valence electrons. The molecular formula is C13H19N3O3. The lowest BCUT2D eigenvalue weighted by Gasteiger charge is -2.30. The van der Waals surface area contributed by atoms with Gasteiger partial charge in [-0.1, -0.05) is 12.8 Å². The zero-order valence-corrected chi connectivity index (χ0v) is 11.1. The van der Waals surface area contributed by atoms with Gasteiger partial charge >= 0.3 is 0 Å². The molecule has 1 fully saturated rings. The summed E-state index contributed by atoms with van der Waals surface area (Å²) in [4.78, 5) is 16.6. The quantitative estimate of drug-likeness (QED) is 0.651. The van der Waals surface area contributed by atoms with E-state index in [4.69, 9.17) is 0 Å². The molecule has 0 unspecified atom stereocenters. The predicted octanol–water partition coefficient (Wildman–Crippen LogP) is 2.04. The molecule has 1 aromatic rings. The molecule has 0 aromatic carbocycles. The smallest absolute Gasteiger partial charge is 0.287 e. The van der Waals surface area contributed by atoms with Crippen molar-refractivity contribution >= 4 is 11.5 Å². The summed E-state index contributed by atoms with van der Waals surface area (Å²) in [6.45, 7) is 2.42. The minimum atomic E-state index is -0.435. The number of aliphatic hydroxyl groups excluding tert-OH is 1. The lowest BCUT2D eigenvalue weighted by atomic mass is 10.1. The average Bonchev–Trinajstić information content (AvgIpc) is 2.90. The second-order valence-corrected chi connectivity index (χ2v) is 4.95. The fourth-order valence-electron chi connectivity index (χ4n) is 2.74. The van der Waals surface area contributed by atoms with E-state index >= 15 is 0 Å². The number of pyridine rings is 1. The molecule has 1 aromatic heterocycles. The summed E-state index contributed by atoms with van der Waals surface area (Å²) in [5.74, 6) is 0.756. The van der Waals surface area contributed by atoms with Crippen molar-refractivity contribution in [1.29, 1.82) is 0 Å². The van der Waals surface area contributed by atoms with Gasteiger partial charge in [0.05, 0.1) is 11.5 Å². The van der Waals surface area contributed by atoms with Gasteiger partial charge in [-0.05, 0) is 25.3 Å². The molecule has 6 heteroatoms. The van der Waals surface area contributed by atoms with Crippen molar-refractivity contribution < 1.29 is 10.0 Å². The monoisotopic (exact) mass is 265 g/mol. The van der Waals surface area contributed by atoms with Gasteiger partial charge in [0.25, 0.3) is 5.69 Å². The Hall–Kier alpha value is -1.69. The Morgan fingerprint density at radius 1 is 1.53 bits per heavy atom. The van der Waals surface area contributed by atoms with Gasteiger partial charge in [0.1, 0.15) is 12.0 Å². The Kier molecular flexibility index (Phi) is 4.31. The predicted molar refractivity (Wildman–Crippen MR) is 72.3 cm³/mol. The van der Waals surface area contributed by atoms with Crippen molar-refractivity contribution in [2.24, 2.45) is 0 Å². The number of aryl methyl sites for hydroxylation is 1. The third-order valence-corrected chi connectivity index (χ3v) is 3.63. The highest BCUT2D eigenvalue weighted by Gasteiger charge is 2.25. The van der Waals surface area contributed by atoms with E-state index in [-0.39, 0.29) is 12.3 Å². The van der Waals surface area contributed by atoms with Crippen LogP contribution in [0, 0.1) is 17.0 Å². The first kappa shape index (κ1) is 13.7. The van der Waals surface area contributed by atoms with Crippen LogP contribution in [0.1, 0.15) is 31.2 Å². The molecule has 1 heterocycles. The van der Waals surface area contributed by atoms with E-state index in [1.54, 1.807) is 6.07 Å². The fraction of sp³-hybridized carbons (Fsp3) is 0.615. The molecule has 0 bridgehead atoms. The third-order valence-electron chi connectivity index (χ3n) is 3.63. The summed E-state index contributed by atoms with van der Waals surface area (Å²) in [6.07, 6.45) is 5.87. The SMILES string of the molecule is Cc1cc([N+](=O)[O-])cnc1N(CCO)C1CCCC1. The summed E-state index contributed by atoms with van der Waals surface area (Å²) in [5, 5.41) is 19.9. The Labute approximate surface area is 112 Å². The van der Waals surface area contributed by atoms with Crippen molar-refractivity contribution in [2.75, 3.05) is 18.1 Å². The Bertz CT molecular complexity index is 458. The Morgan fingerprint density at radius 3 is 2.74 bits per heavy atom. The van der Waals surface area contributed by atoms with Crippen molar-refractivity contribution in [3.05, 3.63) is 27.9 Å². The van der Waals surface area contributed by atoms with Crippen molar-refractivity contribution in [1.82, 2.24) is 4.98 Å². The van der Waals surface area contributed by atoms with Gasteiger partial charge in [0.2, 0.25) is 0 Å². The molecule has 6 nitrogen and oxygen atoms in total. The van der Waals surface area contributed by atoms with Crippen LogP contribution in [-0.2, 0) is 0 Å². The number of nitro groups is 1. The maximum absolute atomic E-state index is 10.7. The van der Waals surface area contributed by atoms with Crippen molar-refractivity contribution in [3.63, 3.8) is 0 Å². The van der Waals surface area contributed by atoms with E-state index in [0.717, 1.165) is 24.2 Å². The lowest BCUT2D eigenvalue weighted by molar-refractivity contribution is -0.385. The van der Waals surface area contributed by atoms with Gasteiger partial charge in [-0.2, -0.15) is 0 Å². The number of rotatable bonds is 5. The van der Waals surface area contributed by atoms with Crippen LogP contribution in [0.3, 0.4) is 0 Å². The van der Waals surface area contributed by atoms with E-state index in [1.807, 2.05) is 6.92 Å². The number of anilines is 1. The van der Waals surface area contributed by atoms with Crippen LogP contribution in [0.2, 0.25) is 0 Å². The number of hydrogen-bond acceptors (Lipinski definition) is 5. The van der Waals surface area contributed by atoms with Crippen LogP contribution in [-0.4, -0.2) is 34.2 Å². The lowest BCUT2D eigenvalue weighted by Crippen LogP contribution is -2.36. The molecule has 2 rings (SSSR count). The van der Waals surface area contributed by atoms with Gasteiger partial charge in [-0.3, -0.25) is 10.1 Å². The van der Waals surface area contributed by atoms with Crippen LogP contribution >= 0.6 is 0 Å². The van der Waals surface area contributed by atoms with E-state index in [2.05, 4.69) is 9.88 Å². The van der Waals surface area contributed by atoms with Crippen molar-refractivity contribution in [3.8, 4) is 0 Å². The first-order chi connectivity index (χ1) is 9.13.